The molecule has 2 N–H and O–H groups in total. The second-order valence-corrected chi connectivity index (χ2v) is 4.83. The number of ether oxygens (including phenoxy) is 1. The Morgan fingerprint density at radius 3 is 2.95 bits per heavy atom. The third-order valence-electron chi connectivity index (χ3n) is 3.04. The van der Waals surface area contributed by atoms with Gasteiger partial charge in [0.05, 0.1) is 12.9 Å². The van der Waals surface area contributed by atoms with Crippen molar-refractivity contribution >= 4 is 0 Å². The van der Waals surface area contributed by atoms with Crippen molar-refractivity contribution in [2.24, 2.45) is 5.73 Å². The van der Waals surface area contributed by atoms with Crippen molar-refractivity contribution in [1.29, 1.82) is 0 Å². The summed E-state index contributed by atoms with van der Waals surface area (Å²) >= 11 is 0. The Morgan fingerprint density at radius 2 is 2.26 bits per heavy atom. The van der Waals surface area contributed by atoms with Crippen molar-refractivity contribution in [2.75, 3.05) is 6.61 Å². The number of aryl methyl sites for hydroxylation is 2. The molecule has 0 fully saturated rings. The van der Waals surface area contributed by atoms with Gasteiger partial charge in [-0.2, -0.15) is 0 Å². The average Bonchev–Trinajstić information content (AvgIpc) is 2.87. The molecular formula is C15H21N3O. The monoisotopic (exact) mass is 259 g/mol. The van der Waals surface area contributed by atoms with Crippen LogP contribution in [0.2, 0.25) is 0 Å². The highest BCUT2D eigenvalue weighted by Gasteiger charge is 2.08. The van der Waals surface area contributed by atoms with Crippen LogP contribution in [0.3, 0.4) is 0 Å². The van der Waals surface area contributed by atoms with Gasteiger partial charge in [-0.25, -0.2) is 4.98 Å². The van der Waals surface area contributed by atoms with Crippen molar-refractivity contribution in [2.45, 2.75) is 32.9 Å². The predicted molar refractivity (Wildman–Crippen MR) is 76.1 cm³/mol. The van der Waals surface area contributed by atoms with Gasteiger partial charge in [-0.3, -0.25) is 0 Å². The number of nitrogens with two attached hydrogens (primary N) is 1. The fourth-order valence-corrected chi connectivity index (χ4v) is 1.99. The zero-order valence-corrected chi connectivity index (χ0v) is 11.5. The molecule has 0 aliphatic heterocycles. The minimum absolute atomic E-state index is 0.00995. The van der Waals surface area contributed by atoms with Gasteiger partial charge in [0.25, 0.3) is 0 Å². The molecule has 2 rings (SSSR count). The molecule has 0 unspecified atom stereocenters. The molecule has 19 heavy (non-hydrogen) atoms. The zero-order valence-electron chi connectivity index (χ0n) is 11.5. The highest BCUT2D eigenvalue weighted by atomic mass is 16.5. The molecule has 0 aliphatic carbocycles. The van der Waals surface area contributed by atoms with Gasteiger partial charge < -0.3 is 15.0 Å². The molecule has 0 bridgehead atoms. The molecule has 4 nitrogen and oxygen atoms in total. The molecule has 2 aromatic rings. The van der Waals surface area contributed by atoms with Gasteiger partial charge in [0.1, 0.15) is 5.75 Å². The van der Waals surface area contributed by atoms with E-state index >= 15 is 0 Å². The number of imidazole rings is 1. The molecule has 0 saturated heterocycles. The minimum Gasteiger partial charge on any atom is -0.493 e. The Morgan fingerprint density at radius 1 is 1.42 bits per heavy atom. The largest absolute Gasteiger partial charge is 0.493 e. The first-order chi connectivity index (χ1) is 9.16. The molecule has 1 aromatic carbocycles. The van der Waals surface area contributed by atoms with Gasteiger partial charge >= 0.3 is 0 Å². The number of benzene rings is 1. The second kappa shape index (κ2) is 6.38. The van der Waals surface area contributed by atoms with Crippen molar-refractivity contribution in [1.82, 2.24) is 9.55 Å². The first-order valence-electron chi connectivity index (χ1n) is 6.61. The molecule has 1 heterocycles. The van der Waals surface area contributed by atoms with Crippen molar-refractivity contribution in [3.05, 3.63) is 48.0 Å². The number of hydrogen-bond acceptors (Lipinski definition) is 3. The van der Waals surface area contributed by atoms with Crippen LogP contribution in [-0.2, 0) is 6.54 Å². The van der Waals surface area contributed by atoms with E-state index in [1.54, 1.807) is 6.20 Å². The summed E-state index contributed by atoms with van der Waals surface area (Å²) in [4.78, 5) is 4.01. The predicted octanol–water partition coefficient (Wildman–Crippen LogP) is 2.68. The lowest BCUT2D eigenvalue weighted by molar-refractivity contribution is 0.297. The van der Waals surface area contributed by atoms with Crippen LogP contribution in [0.5, 0.6) is 5.75 Å². The summed E-state index contributed by atoms with van der Waals surface area (Å²) in [5.74, 6) is 0.903. The third-order valence-corrected chi connectivity index (χ3v) is 3.04. The Bertz CT molecular complexity index is 506. The van der Waals surface area contributed by atoms with Crippen LogP contribution in [-0.4, -0.2) is 16.2 Å². The van der Waals surface area contributed by atoms with Gasteiger partial charge in [-0.15, -0.1) is 0 Å². The van der Waals surface area contributed by atoms with E-state index in [0.29, 0.717) is 6.61 Å². The van der Waals surface area contributed by atoms with E-state index < -0.39 is 0 Å². The summed E-state index contributed by atoms with van der Waals surface area (Å²) in [5, 5.41) is 0. The van der Waals surface area contributed by atoms with Crippen molar-refractivity contribution < 1.29 is 4.74 Å². The van der Waals surface area contributed by atoms with Crippen molar-refractivity contribution in [3.63, 3.8) is 0 Å². The van der Waals surface area contributed by atoms with Crippen LogP contribution in [0.25, 0.3) is 0 Å². The molecule has 0 amide bonds. The smallest absolute Gasteiger partial charge is 0.124 e. The molecule has 1 atom stereocenters. The zero-order chi connectivity index (χ0) is 13.7. The van der Waals surface area contributed by atoms with Gasteiger partial charge in [-0.05, 0) is 31.9 Å². The molecular weight excluding hydrogens is 238 g/mol. The Labute approximate surface area is 114 Å². The van der Waals surface area contributed by atoms with Gasteiger partial charge in [-0.1, -0.05) is 12.1 Å². The fraction of sp³-hybridized carbons (Fsp3) is 0.400. The molecule has 4 heteroatoms. The summed E-state index contributed by atoms with van der Waals surface area (Å²) in [7, 11) is 0. The number of rotatable bonds is 6. The van der Waals surface area contributed by atoms with E-state index in [2.05, 4.69) is 24.0 Å². The summed E-state index contributed by atoms with van der Waals surface area (Å²) in [6.45, 7) is 5.63. The maximum atomic E-state index is 5.95. The standard InChI is InChI=1S/C15H21N3O/c1-12-4-5-14(13(2)16)15(10-12)19-9-3-7-18-8-6-17-11-18/h4-6,8,10-11,13H,3,7,9,16H2,1-2H3/t13-/m1/s1. The highest BCUT2D eigenvalue weighted by Crippen LogP contribution is 2.25. The van der Waals surface area contributed by atoms with E-state index in [9.17, 15) is 0 Å². The van der Waals surface area contributed by atoms with E-state index in [1.165, 1.54) is 5.56 Å². The van der Waals surface area contributed by atoms with Crippen LogP contribution in [0.15, 0.2) is 36.9 Å². The summed E-state index contributed by atoms with van der Waals surface area (Å²) in [6.07, 6.45) is 6.51. The summed E-state index contributed by atoms with van der Waals surface area (Å²) in [5.41, 5.74) is 8.21. The number of hydrogen-bond donors (Lipinski definition) is 1. The molecule has 0 spiro atoms. The SMILES string of the molecule is Cc1ccc([C@@H](C)N)c(OCCCn2ccnc2)c1. The van der Waals surface area contributed by atoms with Gasteiger partial charge in [0, 0.05) is 30.5 Å². The van der Waals surface area contributed by atoms with Crippen LogP contribution < -0.4 is 10.5 Å². The maximum Gasteiger partial charge on any atom is 0.124 e. The highest BCUT2D eigenvalue weighted by molar-refractivity contribution is 5.38. The molecule has 0 radical (unpaired) electrons. The topological polar surface area (TPSA) is 53.1 Å². The van der Waals surface area contributed by atoms with E-state index in [0.717, 1.165) is 24.3 Å². The molecule has 0 saturated carbocycles. The van der Waals surface area contributed by atoms with E-state index in [4.69, 9.17) is 10.5 Å². The lowest BCUT2D eigenvalue weighted by Gasteiger charge is -2.15. The molecule has 1 aromatic heterocycles. The first-order valence-corrected chi connectivity index (χ1v) is 6.61. The lowest BCUT2D eigenvalue weighted by atomic mass is 10.1. The van der Waals surface area contributed by atoms with Crippen LogP contribution in [0, 0.1) is 6.92 Å². The Kier molecular flexibility index (Phi) is 4.58. The number of aromatic nitrogens is 2. The van der Waals surface area contributed by atoms with Crippen molar-refractivity contribution in [3.8, 4) is 5.75 Å². The van der Waals surface area contributed by atoms with Gasteiger partial charge in [0.2, 0.25) is 0 Å². The van der Waals surface area contributed by atoms with E-state index in [-0.39, 0.29) is 6.04 Å². The first kappa shape index (κ1) is 13.6. The fourth-order valence-electron chi connectivity index (χ4n) is 1.99. The lowest BCUT2D eigenvalue weighted by Crippen LogP contribution is -2.10. The van der Waals surface area contributed by atoms with Crippen LogP contribution in [0.4, 0.5) is 0 Å². The summed E-state index contributed by atoms with van der Waals surface area (Å²) in [6, 6.07) is 6.15. The average molecular weight is 259 g/mol. The second-order valence-electron chi connectivity index (χ2n) is 4.83. The number of nitrogens with zero attached hydrogens (tertiary/aromatic N) is 2. The summed E-state index contributed by atoms with van der Waals surface area (Å²) < 4.78 is 7.91. The Balaban J connectivity index is 1.89. The third kappa shape index (κ3) is 3.83. The molecule has 102 valence electrons. The molecule has 0 aliphatic rings. The van der Waals surface area contributed by atoms with E-state index in [1.807, 2.05) is 30.1 Å². The van der Waals surface area contributed by atoms with Crippen LogP contribution in [0.1, 0.15) is 30.5 Å². The Hall–Kier alpha value is -1.81. The maximum absolute atomic E-state index is 5.95. The minimum atomic E-state index is -0.00995. The normalized spacial score (nSPS) is 12.4. The quantitative estimate of drug-likeness (QED) is 0.811. The van der Waals surface area contributed by atoms with Gasteiger partial charge in [0.15, 0.2) is 0 Å². The van der Waals surface area contributed by atoms with Crippen LogP contribution >= 0.6 is 0 Å².